The summed E-state index contributed by atoms with van der Waals surface area (Å²) >= 11 is 0. The minimum atomic E-state index is -0.205. The van der Waals surface area contributed by atoms with Crippen molar-refractivity contribution in [2.45, 2.75) is 6.92 Å². The molecule has 2 heterocycles. The SMILES string of the molecule is Cc1ccc(C(=O)N/C(=C/c2ccco2)c2nc3ccccc3[nH]2)cc1. The molecule has 5 nitrogen and oxygen atoms in total. The molecule has 2 N–H and O–H groups in total. The van der Waals surface area contributed by atoms with E-state index < -0.39 is 0 Å². The van der Waals surface area contributed by atoms with Gasteiger partial charge < -0.3 is 14.7 Å². The average molecular weight is 343 g/mol. The first-order valence-electron chi connectivity index (χ1n) is 8.27. The van der Waals surface area contributed by atoms with Crippen LogP contribution in [-0.4, -0.2) is 15.9 Å². The van der Waals surface area contributed by atoms with E-state index in [0.717, 1.165) is 16.6 Å². The van der Waals surface area contributed by atoms with Crippen molar-refractivity contribution in [1.82, 2.24) is 15.3 Å². The number of H-pyrrole nitrogens is 1. The van der Waals surface area contributed by atoms with Crippen molar-refractivity contribution < 1.29 is 9.21 Å². The Morgan fingerprint density at radius 3 is 2.62 bits per heavy atom. The third-order valence-electron chi connectivity index (χ3n) is 4.04. The standard InChI is InChI=1S/C21H17N3O2/c1-14-8-10-15(11-9-14)21(25)24-19(13-16-5-4-12-26-16)20-22-17-6-2-3-7-18(17)23-20/h2-13H,1H3,(H,22,23)(H,24,25)/b19-13+. The molecule has 0 aliphatic rings. The first-order chi connectivity index (χ1) is 12.7. The second-order valence-corrected chi connectivity index (χ2v) is 6.00. The third kappa shape index (κ3) is 3.28. The van der Waals surface area contributed by atoms with Crippen LogP contribution in [0.5, 0.6) is 0 Å². The number of imidazole rings is 1. The van der Waals surface area contributed by atoms with Gasteiger partial charge in [-0.05, 0) is 43.3 Å². The van der Waals surface area contributed by atoms with Crippen LogP contribution in [0.25, 0.3) is 22.8 Å². The van der Waals surface area contributed by atoms with Crippen LogP contribution < -0.4 is 5.32 Å². The Morgan fingerprint density at radius 2 is 1.88 bits per heavy atom. The maximum absolute atomic E-state index is 12.7. The van der Waals surface area contributed by atoms with Crippen molar-refractivity contribution >= 4 is 28.7 Å². The van der Waals surface area contributed by atoms with Crippen molar-refractivity contribution in [2.75, 3.05) is 0 Å². The van der Waals surface area contributed by atoms with E-state index in [1.165, 1.54) is 0 Å². The van der Waals surface area contributed by atoms with Crippen molar-refractivity contribution in [3.05, 3.63) is 89.6 Å². The number of fused-ring (bicyclic) bond motifs is 1. The summed E-state index contributed by atoms with van der Waals surface area (Å²) in [6.07, 6.45) is 3.34. The molecule has 4 rings (SSSR count). The molecule has 0 spiro atoms. The smallest absolute Gasteiger partial charge is 0.255 e. The molecule has 0 saturated carbocycles. The highest BCUT2D eigenvalue weighted by Crippen LogP contribution is 2.19. The Balaban J connectivity index is 1.71. The molecule has 26 heavy (non-hydrogen) atoms. The fourth-order valence-corrected chi connectivity index (χ4v) is 2.66. The number of hydrogen-bond acceptors (Lipinski definition) is 3. The zero-order chi connectivity index (χ0) is 17.9. The van der Waals surface area contributed by atoms with E-state index >= 15 is 0 Å². The van der Waals surface area contributed by atoms with Crippen LogP contribution in [0.3, 0.4) is 0 Å². The van der Waals surface area contributed by atoms with Gasteiger partial charge in [-0.2, -0.15) is 0 Å². The molecule has 5 heteroatoms. The number of aryl methyl sites for hydroxylation is 1. The fourth-order valence-electron chi connectivity index (χ4n) is 2.66. The number of furan rings is 1. The summed E-state index contributed by atoms with van der Waals surface area (Å²) in [6, 6.07) is 18.8. The molecule has 0 aliphatic carbocycles. The van der Waals surface area contributed by atoms with Gasteiger partial charge in [-0.1, -0.05) is 29.8 Å². The fraction of sp³-hybridized carbons (Fsp3) is 0.0476. The Labute approximate surface area is 150 Å². The van der Waals surface area contributed by atoms with Crippen LogP contribution in [-0.2, 0) is 0 Å². The Kier molecular flexibility index (Phi) is 4.11. The quantitative estimate of drug-likeness (QED) is 0.577. The lowest BCUT2D eigenvalue weighted by atomic mass is 10.1. The molecule has 2 aromatic carbocycles. The largest absolute Gasteiger partial charge is 0.465 e. The van der Waals surface area contributed by atoms with Gasteiger partial charge in [-0.3, -0.25) is 4.79 Å². The maximum atomic E-state index is 12.7. The molecule has 1 amide bonds. The Hall–Kier alpha value is -3.60. The summed E-state index contributed by atoms with van der Waals surface area (Å²) in [5, 5.41) is 2.94. The van der Waals surface area contributed by atoms with Crippen molar-refractivity contribution in [3.8, 4) is 0 Å². The third-order valence-corrected chi connectivity index (χ3v) is 4.04. The Morgan fingerprint density at radius 1 is 1.08 bits per heavy atom. The maximum Gasteiger partial charge on any atom is 0.255 e. The summed E-state index contributed by atoms with van der Waals surface area (Å²) in [4.78, 5) is 20.5. The minimum Gasteiger partial charge on any atom is -0.465 e. The van der Waals surface area contributed by atoms with Gasteiger partial charge >= 0.3 is 0 Å². The molecule has 0 saturated heterocycles. The highest BCUT2D eigenvalue weighted by molar-refractivity contribution is 6.01. The number of carbonyl (C=O) groups is 1. The zero-order valence-electron chi connectivity index (χ0n) is 14.2. The molecular formula is C21H17N3O2. The van der Waals surface area contributed by atoms with Gasteiger partial charge in [0.1, 0.15) is 5.76 Å². The topological polar surface area (TPSA) is 70.9 Å². The average Bonchev–Trinajstić information content (AvgIpc) is 3.31. The van der Waals surface area contributed by atoms with Gasteiger partial charge in [-0.25, -0.2) is 4.98 Å². The van der Waals surface area contributed by atoms with E-state index in [4.69, 9.17) is 4.42 Å². The van der Waals surface area contributed by atoms with Crippen molar-refractivity contribution in [2.24, 2.45) is 0 Å². The number of nitrogens with one attached hydrogen (secondary N) is 2. The van der Waals surface area contributed by atoms with Crippen LogP contribution in [0.2, 0.25) is 0 Å². The minimum absolute atomic E-state index is 0.205. The number of aromatic amines is 1. The zero-order valence-corrected chi connectivity index (χ0v) is 14.2. The molecule has 0 atom stereocenters. The van der Waals surface area contributed by atoms with E-state index in [-0.39, 0.29) is 5.91 Å². The van der Waals surface area contributed by atoms with E-state index in [0.29, 0.717) is 22.8 Å². The van der Waals surface area contributed by atoms with Gasteiger partial charge in [0.05, 0.1) is 23.0 Å². The highest BCUT2D eigenvalue weighted by atomic mass is 16.3. The van der Waals surface area contributed by atoms with Gasteiger partial charge in [0.2, 0.25) is 0 Å². The van der Waals surface area contributed by atoms with Crippen molar-refractivity contribution in [3.63, 3.8) is 0 Å². The highest BCUT2D eigenvalue weighted by Gasteiger charge is 2.13. The molecule has 0 radical (unpaired) electrons. The molecule has 128 valence electrons. The molecule has 0 bridgehead atoms. The Bertz CT molecular complexity index is 1040. The predicted molar refractivity (Wildman–Crippen MR) is 101 cm³/mol. The van der Waals surface area contributed by atoms with Crippen LogP contribution >= 0.6 is 0 Å². The molecule has 4 aromatic rings. The lowest BCUT2D eigenvalue weighted by molar-refractivity contribution is 0.0973. The second kappa shape index (κ2) is 6.72. The number of carbonyl (C=O) groups excluding carboxylic acids is 1. The van der Waals surface area contributed by atoms with E-state index in [2.05, 4.69) is 15.3 Å². The summed E-state index contributed by atoms with van der Waals surface area (Å²) in [5.74, 6) is 0.996. The number of para-hydroxylation sites is 2. The molecular weight excluding hydrogens is 326 g/mol. The van der Waals surface area contributed by atoms with Crippen LogP contribution in [0.4, 0.5) is 0 Å². The number of rotatable bonds is 4. The van der Waals surface area contributed by atoms with Crippen LogP contribution in [0.1, 0.15) is 27.5 Å². The van der Waals surface area contributed by atoms with Gasteiger partial charge in [0.25, 0.3) is 5.91 Å². The van der Waals surface area contributed by atoms with Gasteiger partial charge in [0, 0.05) is 11.6 Å². The number of benzene rings is 2. The summed E-state index contributed by atoms with van der Waals surface area (Å²) < 4.78 is 5.39. The normalized spacial score (nSPS) is 11.7. The van der Waals surface area contributed by atoms with Crippen LogP contribution in [0, 0.1) is 6.92 Å². The molecule has 0 aliphatic heterocycles. The first kappa shape index (κ1) is 15.9. The monoisotopic (exact) mass is 343 g/mol. The van der Waals surface area contributed by atoms with E-state index in [9.17, 15) is 4.79 Å². The number of aromatic nitrogens is 2. The van der Waals surface area contributed by atoms with Crippen LogP contribution in [0.15, 0.2) is 71.3 Å². The lowest BCUT2D eigenvalue weighted by Crippen LogP contribution is -2.22. The summed E-state index contributed by atoms with van der Waals surface area (Å²) in [5.41, 5.74) is 3.96. The van der Waals surface area contributed by atoms with Crippen molar-refractivity contribution in [1.29, 1.82) is 0 Å². The molecule has 2 aromatic heterocycles. The number of hydrogen-bond donors (Lipinski definition) is 2. The number of nitrogens with zero attached hydrogens (tertiary/aromatic N) is 1. The van der Waals surface area contributed by atoms with E-state index in [1.54, 1.807) is 30.5 Å². The molecule has 0 fully saturated rings. The van der Waals surface area contributed by atoms with E-state index in [1.807, 2.05) is 49.4 Å². The molecule has 0 unspecified atom stereocenters. The second-order valence-electron chi connectivity index (χ2n) is 6.00. The predicted octanol–water partition coefficient (Wildman–Crippen LogP) is 4.39. The number of amides is 1. The first-order valence-corrected chi connectivity index (χ1v) is 8.27. The summed E-state index contributed by atoms with van der Waals surface area (Å²) in [6.45, 7) is 1.98. The van der Waals surface area contributed by atoms with Gasteiger partial charge in [-0.15, -0.1) is 0 Å². The summed E-state index contributed by atoms with van der Waals surface area (Å²) in [7, 11) is 0. The van der Waals surface area contributed by atoms with Gasteiger partial charge in [0.15, 0.2) is 5.82 Å². The lowest BCUT2D eigenvalue weighted by Gasteiger charge is -2.08.